The predicted octanol–water partition coefficient (Wildman–Crippen LogP) is 4.66. The molecule has 0 atom stereocenters. The molecular weight excluding hydrogens is 434 g/mol. The summed E-state index contributed by atoms with van der Waals surface area (Å²) in [6.45, 7) is 0. The third-order valence-corrected chi connectivity index (χ3v) is 4.37. The number of aromatic hydroxyl groups is 1. The zero-order chi connectivity index (χ0) is 24.0. The number of benzene rings is 3. The van der Waals surface area contributed by atoms with Crippen LogP contribution < -0.4 is 0 Å². The van der Waals surface area contributed by atoms with Gasteiger partial charge in [0.15, 0.2) is 0 Å². The van der Waals surface area contributed by atoms with E-state index in [0.29, 0.717) is 12.1 Å². The highest BCUT2D eigenvalue weighted by atomic mass is 16.6. The quantitative estimate of drug-likeness (QED) is 0.339. The van der Waals surface area contributed by atoms with E-state index in [1.165, 1.54) is 0 Å². The van der Waals surface area contributed by atoms with E-state index in [4.69, 9.17) is 5.11 Å². The van der Waals surface area contributed by atoms with E-state index in [2.05, 4.69) is 33.8 Å². The summed E-state index contributed by atoms with van der Waals surface area (Å²) in [7, 11) is 0. The molecule has 0 aliphatic rings. The highest BCUT2D eigenvalue weighted by Gasteiger charge is 2.30. The zero-order valence-electron chi connectivity index (χ0n) is 16.7. The van der Waals surface area contributed by atoms with Crippen molar-refractivity contribution in [2.75, 3.05) is 0 Å². The van der Waals surface area contributed by atoms with Crippen LogP contribution in [0.3, 0.4) is 0 Å². The lowest BCUT2D eigenvalue weighted by molar-refractivity contribution is -0.404. The number of aromatic nitrogens is 2. The molecule has 0 radical (unpaired) electrons. The van der Waals surface area contributed by atoms with Gasteiger partial charge in [0, 0.05) is 23.6 Å². The summed E-state index contributed by atoms with van der Waals surface area (Å²) in [5, 5.41) is 40.2. The Bertz CT molecular complexity index is 1220. The molecule has 12 nitrogen and oxygen atoms in total. The van der Waals surface area contributed by atoms with Crippen LogP contribution in [-0.2, 0) is 0 Å². The van der Waals surface area contributed by atoms with Gasteiger partial charge in [-0.05, 0) is 12.1 Å². The summed E-state index contributed by atoms with van der Waals surface area (Å²) >= 11 is 0. The Morgan fingerprint density at radius 2 is 1.27 bits per heavy atom. The standard InChI is InChI=1S/C15H12N2.C6H3N3O7/c1-3-7-13(8-4-1)15-16-11-12-17(15)14-9-5-2-6-10-14;10-6-4(8(13)14)1-3(7(11)12)2-5(6)9(15)16/h1-12H;1-2,10H. The van der Waals surface area contributed by atoms with E-state index < -0.39 is 37.6 Å². The summed E-state index contributed by atoms with van der Waals surface area (Å²) < 4.78 is 2.09. The molecule has 4 aromatic rings. The number of nitro groups is 3. The van der Waals surface area contributed by atoms with Gasteiger partial charge in [-0.25, -0.2) is 4.98 Å². The topological polar surface area (TPSA) is 167 Å². The molecule has 0 saturated carbocycles. The number of rotatable bonds is 5. The van der Waals surface area contributed by atoms with E-state index in [-0.39, 0.29) is 0 Å². The van der Waals surface area contributed by atoms with E-state index in [1.807, 2.05) is 48.8 Å². The van der Waals surface area contributed by atoms with E-state index in [9.17, 15) is 30.3 Å². The van der Waals surface area contributed by atoms with Crippen molar-refractivity contribution in [3.05, 3.63) is 116 Å². The van der Waals surface area contributed by atoms with Gasteiger partial charge >= 0.3 is 11.4 Å². The molecule has 33 heavy (non-hydrogen) atoms. The Morgan fingerprint density at radius 3 is 1.76 bits per heavy atom. The molecule has 0 fully saturated rings. The van der Waals surface area contributed by atoms with Crippen LogP contribution >= 0.6 is 0 Å². The van der Waals surface area contributed by atoms with E-state index in [1.54, 1.807) is 0 Å². The van der Waals surface area contributed by atoms with Gasteiger partial charge in [0.05, 0.1) is 26.9 Å². The van der Waals surface area contributed by atoms with Crippen molar-refractivity contribution in [1.82, 2.24) is 9.55 Å². The molecule has 0 aliphatic heterocycles. The molecule has 1 aromatic heterocycles. The van der Waals surface area contributed by atoms with Crippen molar-refractivity contribution < 1.29 is 19.9 Å². The number of nitro benzene ring substituents is 3. The summed E-state index contributed by atoms with van der Waals surface area (Å²) in [4.78, 5) is 32.2. The Kier molecular flexibility index (Phi) is 6.69. The number of nitrogens with zero attached hydrogens (tertiary/aromatic N) is 5. The second-order valence-corrected chi connectivity index (χ2v) is 6.43. The van der Waals surface area contributed by atoms with Crippen LogP contribution in [0.15, 0.2) is 85.2 Å². The highest BCUT2D eigenvalue weighted by Crippen LogP contribution is 2.38. The smallest absolute Gasteiger partial charge is 0.324 e. The van der Waals surface area contributed by atoms with Gasteiger partial charge in [-0.2, -0.15) is 0 Å². The number of non-ortho nitro benzene ring substituents is 1. The summed E-state index contributed by atoms with van der Waals surface area (Å²) in [6, 6.07) is 21.3. The van der Waals surface area contributed by atoms with Crippen molar-refractivity contribution in [3.8, 4) is 22.8 Å². The lowest BCUT2D eigenvalue weighted by Crippen LogP contribution is -1.97. The number of para-hydroxylation sites is 1. The second-order valence-electron chi connectivity index (χ2n) is 6.43. The first-order chi connectivity index (χ1) is 15.8. The van der Waals surface area contributed by atoms with Crippen molar-refractivity contribution >= 4 is 17.1 Å². The monoisotopic (exact) mass is 449 g/mol. The minimum Gasteiger partial charge on any atom is -0.497 e. The highest BCUT2D eigenvalue weighted by molar-refractivity contribution is 5.64. The zero-order valence-corrected chi connectivity index (χ0v) is 16.7. The number of hydrogen-bond acceptors (Lipinski definition) is 8. The second kappa shape index (κ2) is 9.78. The average Bonchev–Trinajstić information content (AvgIpc) is 3.30. The molecule has 166 valence electrons. The summed E-state index contributed by atoms with van der Waals surface area (Å²) in [5.41, 5.74) is -0.747. The molecule has 3 aromatic carbocycles. The van der Waals surface area contributed by atoms with Crippen LogP contribution in [0.2, 0.25) is 0 Å². The molecule has 1 heterocycles. The maximum atomic E-state index is 10.4. The van der Waals surface area contributed by atoms with Crippen molar-refractivity contribution in [2.45, 2.75) is 0 Å². The average molecular weight is 449 g/mol. The van der Waals surface area contributed by atoms with Gasteiger partial charge in [0.25, 0.3) is 11.4 Å². The first kappa shape index (κ1) is 22.6. The van der Waals surface area contributed by atoms with Crippen LogP contribution in [0, 0.1) is 30.3 Å². The third-order valence-electron chi connectivity index (χ3n) is 4.37. The minimum atomic E-state index is -1.21. The lowest BCUT2D eigenvalue weighted by atomic mass is 10.2. The maximum Gasteiger partial charge on any atom is 0.324 e. The summed E-state index contributed by atoms with van der Waals surface area (Å²) in [5.74, 6) is -0.239. The Balaban J connectivity index is 0.000000186. The Labute approximate surface area is 185 Å². The van der Waals surface area contributed by atoms with Gasteiger partial charge in [-0.15, -0.1) is 0 Å². The molecule has 0 spiro atoms. The maximum absolute atomic E-state index is 10.4. The van der Waals surface area contributed by atoms with Crippen LogP contribution in [0.4, 0.5) is 17.1 Å². The molecule has 12 heteroatoms. The Hall–Kier alpha value is -5.13. The third kappa shape index (κ3) is 5.14. The van der Waals surface area contributed by atoms with Gasteiger partial charge in [-0.1, -0.05) is 48.5 Å². The fourth-order valence-corrected chi connectivity index (χ4v) is 2.87. The van der Waals surface area contributed by atoms with Crippen molar-refractivity contribution in [2.24, 2.45) is 0 Å². The van der Waals surface area contributed by atoms with Crippen molar-refractivity contribution in [3.63, 3.8) is 0 Å². The van der Waals surface area contributed by atoms with Crippen LogP contribution in [-0.4, -0.2) is 29.4 Å². The van der Waals surface area contributed by atoms with Gasteiger partial charge in [-0.3, -0.25) is 34.9 Å². The SMILES string of the molecule is O=[N+]([O-])c1cc([N+](=O)[O-])c(O)c([N+](=O)[O-])c1.c1ccc(-c2nccn2-c2ccccc2)cc1. The molecule has 1 N–H and O–H groups in total. The fourth-order valence-electron chi connectivity index (χ4n) is 2.87. The van der Waals surface area contributed by atoms with Gasteiger partial charge < -0.3 is 5.11 Å². The predicted molar refractivity (Wildman–Crippen MR) is 117 cm³/mol. The number of phenols is 1. The first-order valence-corrected chi connectivity index (χ1v) is 9.24. The minimum absolute atomic E-state index is 0.447. The van der Waals surface area contributed by atoms with Gasteiger partial charge in [0.1, 0.15) is 5.82 Å². The molecule has 0 saturated heterocycles. The largest absolute Gasteiger partial charge is 0.497 e. The van der Waals surface area contributed by atoms with Gasteiger partial charge in [0.2, 0.25) is 0 Å². The molecular formula is C21H15N5O7. The first-order valence-electron chi connectivity index (χ1n) is 9.24. The number of phenolic OH excluding ortho intramolecular Hbond substituents is 1. The summed E-state index contributed by atoms with van der Waals surface area (Å²) in [6.07, 6.45) is 3.81. The molecule has 4 rings (SSSR count). The molecule has 0 unspecified atom stereocenters. The lowest BCUT2D eigenvalue weighted by Gasteiger charge is -2.07. The van der Waals surface area contributed by atoms with Crippen LogP contribution in [0.1, 0.15) is 0 Å². The van der Waals surface area contributed by atoms with E-state index in [0.717, 1.165) is 17.1 Å². The fraction of sp³-hybridized carbons (Fsp3) is 0. The van der Waals surface area contributed by atoms with E-state index >= 15 is 0 Å². The molecule has 0 aliphatic carbocycles. The molecule has 0 bridgehead atoms. The van der Waals surface area contributed by atoms with Crippen LogP contribution in [0.25, 0.3) is 17.1 Å². The van der Waals surface area contributed by atoms with Crippen LogP contribution in [0.5, 0.6) is 5.75 Å². The number of hydrogen-bond donors (Lipinski definition) is 1. The number of imidazole rings is 1. The van der Waals surface area contributed by atoms with Crippen molar-refractivity contribution in [1.29, 1.82) is 0 Å². The normalized spacial score (nSPS) is 10.1. The molecule has 0 amide bonds. The Morgan fingerprint density at radius 1 is 0.758 bits per heavy atom.